The fourth-order valence-electron chi connectivity index (χ4n) is 8.01. The molecular formula is C30H40F2O7S2. The quantitative estimate of drug-likeness (QED) is 0.163. The normalized spacial score (nSPS) is 31.6. The molecule has 1 saturated heterocycles. The zero-order valence-electron chi connectivity index (χ0n) is 23.9. The number of rotatable bonds is 10. The number of aryl methyl sites for hydroxylation is 1. The Kier molecular flexibility index (Phi) is 8.92. The van der Waals surface area contributed by atoms with Crippen LogP contribution in [0.25, 0.3) is 0 Å². The van der Waals surface area contributed by atoms with Gasteiger partial charge in [0.05, 0.1) is 13.2 Å². The van der Waals surface area contributed by atoms with Gasteiger partial charge in [-0.25, -0.2) is 8.42 Å². The molecule has 8 unspecified atom stereocenters. The Morgan fingerprint density at radius 2 is 1.78 bits per heavy atom. The minimum atomic E-state index is -5.93. The Morgan fingerprint density at radius 3 is 2.44 bits per heavy atom. The van der Waals surface area contributed by atoms with E-state index < -0.39 is 33.9 Å². The molecule has 2 bridgehead atoms. The molecule has 0 spiro atoms. The van der Waals surface area contributed by atoms with Gasteiger partial charge in [0.25, 0.3) is 0 Å². The molecule has 228 valence electrons. The lowest BCUT2D eigenvalue weighted by atomic mass is 9.80. The number of hydrogen-bond donors (Lipinski definition) is 0. The van der Waals surface area contributed by atoms with Crippen molar-refractivity contribution in [2.45, 2.75) is 81.8 Å². The Balaban J connectivity index is 1.24. The Bertz CT molecular complexity index is 1260. The lowest BCUT2D eigenvalue weighted by Gasteiger charge is -2.31. The van der Waals surface area contributed by atoms with Crippen molar-refractivity contribution in [3.63, 3.8) is 0 Å². The molecule has 8 atom stereocenters. The highest BCUT2D eigenvalue weighted by atomic mass is 32.2. The SMILES string of the molecule is CCc1ccc(C(C)C2CC3C4CC(OC(=O)CC(F)(F)S(=O)(=O)[O-])C(C4)C3C2)cc1C(=O)C(C)[S+]1CCOCC1. The van der Waals surface area contributed by atoms with E-state index in [0.29, 0.717) is 30.1 Å². The minimum absolute atomic E-state index is 0.0236. The van der Waals surface area contributed by atoms with Crippen LogP contribution in [0, 0.1) is 29.6 Å². The zero-order chi connectivity index (χ0) is 29.7. The van der Waals surface area contributed by atoms with Crippen molar-refractivity contribution in [2.75, 3.05) is 24.7 Å². The van der Waals surface area contributed by atoms with Crippen molar-refractivity contribution in [2.24, 2.45) is 29.6 Å². The van der Waals surface area contributed by atoms with Gasteiger partial charge in [-0.3, -0.25) is 9.59 Å². The molecule has 0 aromatic heterocycles. The first-order valence-electron chi connectivity index (χ1n) is 14.7. The van der Waals surface area contributed by atoms with E-state index in [1.165, 1.54) is 0 Å². The van der Waals surface area contributed by atoms with E-state index in [1.54, 1.807) is 0 Å². The first kappa shape index (κ1) is 30.9. The van der Waals surface area contributed by atoms with E-state index in [1.807, 2.05) is 0 Å². The van der Waals surface area contributed by atoms with Gasteiger partial charge in [-0.1, -0.05) is 26.0 Å². The molecule has 1 heterocycles. The van der Waals surface area contributed by atoms with E-state index in [9.17, 15) is 31.3 Å². The third-order valence-electron chi connectivity index (χ3n) is 10.3. The Labute approximate surface area is 244 Å². The standard InChI is InChI=1S/C30H40F2O7S2/c1-4-19-5-6-20(11-24(19)29(34)18(3)40-9-7-38-8-10-40)17(2)21-12-23-22-14-26(25(23)13-21)27(15-22)39-28(33)16-30(31,32)41(35,36)37/h5-6,11,17-18,21-23,25-27H,4,7-10,12-16H2,1-3H3. The van der Waals surface area contributed by atoms with E-state index >= 15 is 0 Å². The smallest absolute Gasteiger partial charge is 0.344 e. The number of hydrogen-bond acceptors (Lipinski definition) is 7. The van der Waals surface area contributed by atoms with Crippen LogP contribution >= 0.6 is 0 Å². The van der Waals surface area contributed by atoms with Crippen LogP contribution in [0.1, 0.15) is 80.3 Å². The van der Waals surface area contributed by atoms with Crippen LogP contribution in [-0.2, 0) is 41.7 Å². The summed E-state index contributed by atoms with van der Waals surface area (Å²) in [7, 11) is -5.90. The maximum Gasteiger partial charge on any atom is 0.344 e. The van der Waals surface area contributed by atoms with Gasteiger partial charge in [-0.2, -0.15) is 8.78 Å². The largest absolute Gasteiger partial charge is 0.743 e. The van der Waals surface area contributed by atoms with Crippen LogP contribution in [-0.4, -0.2) is 66.1 Å². The number of ether oxygens (including phenoxy) is 2. The maximum atomic E-state index is 13.7. The van der Waals surface area contributed by atoms with Crippen LogP contribution < -0.4 is 0 Å². The number of fused-ring (bicyclic) bond motifs is 5. The molecule has 1 aromatic rings. The molecule has 3 saturated carbocycles. The van der Waals surface area contributed by atoms with Gasteiger partial charge in [0.1, 0.15) is 24.0 Å². The zero-order valence-corrected chi connectivity index (χ0v) is 25.5. The molecule has 0 N–H and O–H groups in total. The number of ketones is 1. The molecule has 7 nitrogen and oxygen atoms in total. The highest BCUT2D eigenvalue weighted by Crippen LogP contribution is 2.62. The number of esters is 1. The second-order valence-electron chi connectivity index (χ2n) is 12.4. The van der Waals surface area contributed by atoms with E-state index in [4.69, 9.17) is 9.47 Å². The summed E-state index contributed by atoms with van der Waals surface area (Å²) in [5, 5.41) is -4.70. The molecule has 0 amide bonds. The fourth-order valence-corrected chi connectivity index (χ4v) is 10.3. The third kappa shape index (κ3) is 6.10. The van der Waals surface area contributed by atoms with Crippen LogP contribution in [0.4, 0.5) is 8.78 Å². The molecule has 3 aliphatic carbocycles. The Hall–Kier alpha value is -1.56. The number of halogens is 2. The summed E-state index contributed by atoms with van der Waals surface area (Å²) < 4.78 is 70.4. The summed E-state index contributed by atoms with van der Waals surface area (Å²) in [6.45, 7) is 7.80. The summed E-state index contributed by atoms with van der Waals surface area (Å²) in [6, 6.07) is 6.37. The highest BCUT2D eigenvalue weighted by molar-refractivity contribution is 7.98. The average molecular weight is 615 g/mol. The second kappa shape index (κ2) is 11.8. The van der Waals surface area contributed by atoms with Gasteiger partial charge in [0.2, 0.25) is 5.78 Å². The van der Waals surface area contributed by atoms with Crippen LogP contribution in [0.2, 0.25) is 0 Å². The van der Waals surface area contributed by atoms with Crippen LogP contribution in [0.5, 0.6) is 0 Å². The topological polar surface area (TPSA) is 110 Å². The van der Waals surface area contributed by atoms with Crippen molar-refractivity contribution in [1.29, 1.82) is 0 Å². The molecule has 1 aliphatic heterocycles. The number of benzene rings is 1. The molecule has 4 fully saturated rings. The summed E-state index contributed by atoms with van der Waals surface area (Å²) in [4.78, 5) is 25.8. The summed E-state index contributed by atoms with van der Waals surface area (Å²) in [6.07, 6.45) is 1.96. The van der Waals surface area contributed by atoms with Crippen LogP contribution in [0.15, 0.2) is 18.2 Å². The van der Waals surface area contributed by atoms with Gasteiger partial charge in [0, 0.05) is 16.5 Å². The van der Waals surface area contributed by atoms with Gasteiger partial charge in [-0.05, 0) is 91.7 Å². The predicted molar refractivity (Wildman–Crippen MR) is 151 cm³/mol. The van der Waals surface area contributed by atoms with Gasteiger partial charge in [0.15, 0.2) is 15.4 Å². The molecule has 5 rings (SSSR count). The first-order valence-corrected chi connectivity index (χ1v) is 17.8. The number of Topliss-reactive ketones (excluding diaryl/α,β-unsaturated/α-hetero) is 1. The number of carbonyl (C=O) groups is 2. The van der Waals surface area contributed by atoms with Gasteiger partial charge in [-0.15, -0.1) is 0 Å². The monoisotopic (exact) mass is 614 g/mol. The van der Waals surface area contributed by atoms with E-state index in [0.717, 1.165) is 67.1 Å². The molecule has 1 aromatic carbocycles. The molecule has 4 aliphatic rings. The van der Waals surface area contributed by atoms with Crippen LogP contribution in [0.3, 0.4) is 0 Å². The second-order valence-corrected chi connectivity index (χ2v) is 16.5. The van der Waals surface area contributed by atoms with Gasteiger partial charge >= 0.3 is 11.2 Å². The fraction of sp³-hybridized carbons (Fsp3) is 0.733. The third-order valence-corrected chi connectivity index (χ3v) is 13.8. The van der Waals surface area contributed by atoms with Crippen molar-refractivity contribution in [3.05, 3.63) is 34.9 Å². The maximum absolute atomic E-state index is 13.7. The Morgan fingerprint density at radius 1 is 1.10 bits per heavy atom. The lowest BCUT2D eigenvalue weighted by Crippen LogP contribution is -2.38. The summed E-state index contributed by atoms with van der Waals surface area (Å²) in [5.74, 6) is 2.59. The summed E-state index contributed by atoms with van der Waals surface area (Å²) >= 11 is 0. The average Bonchev–Trinajstić information content (AvgIpc) is 3.63. The highest BCUT2D eigenvalue weighted by Gasteiger charge is 2.58. The van der Waals surface area contributed by atoms with Gasteiger partial charge < -0.3 is 14.0 Å². The van der Waals surface area contributed by atoms with Crippen molar-refractivity contribution in [3.8, 4) is 0 Å². The minimum Gasteiger partial charge on any atom is -0.743 e. The molecule has 11 heteroatoms. The van der Waals surface area contributed by atoms with E-state index in [-0.39, 0.29) is 33.8 Å². The number of alkyl halides is 2. The molecule has 41 heavy (non-hydrogen) atoms. The van der Waals surface area contributed by atoms with Crippen molar-refractivity contribution in [1.82, 2.24) is 0 Å². The molecule has 0 radical (unpaired) electrons. The number of carbonyl (C=O) groups excluding carboxylic acids is 2. The predicted octanol–water partition coefficient (Wildman–Crippen LogP) is 4.69. The van der Waals surface area contributed by atoms with Crippen molar-refractivity contribution >= 4 is 32.8 Å². The first-order chi connectivity index (χ1) is 19.3. The van der Waals surface area contributed by atoms with Crippen molar-refractivity contribution < 1.29 is 40.8 Å². The lowest BCUT2D eigenvalue weighted by molar-refractivity contribution is -0.157. The summed E-state index contributed by atoms with van der Waals surface area (Å²) in [5.41, 5.74) is 3.08. The van der Waals surface area contributed by atoms with E-state index in [2.05, 4.69) is 39.0 Å². The molecular weight excluding hydrogens is 574 g/mol.